The summed E-state index contributed by atoms with van der Waals surface area (Å²) in [6.07, 6.45) is 1.17. The first-order valence-corrected chi connectivity index (χ1v) is 15.6. The van der Waals surface area contributed by atoms with E-state index in [1.165, 1.54) is 40.3 Å². The largest absolute Gasteiger partial charge is 0.481 e. The Kier molecular flexibility index (Phi) is 10.2. The van der Waals surface area contributed by atoms with Gasteiger partial charge in [-0.3, -0.25) is 9.59 Å². The molecule has 4 atom stereocenters. The Bertz CT molecular complexity index is 1230. The van der Waals surface area contributed by atoms with Crippen molar-refractivity contribution in [3.05, 3.63) is 64.1 Å². The van der Waals surface area contributed by atoms with E-state index >= 15 is 0 Å². The Morgan fingerprint density at radius 2 is 1.58 bits per heavy atom. The van der Waals surface area contributed by atoms with E-state index < -0.39 is 44.8 Å². The molecule has 0 aromatic heterocycles. The summed E-state index contributed by atoms with van der Waals surface area (Å²) in [5, 5.41) is 10.7. The Morgan fingerprint density at radius 3 is 2.08 bits per heavy atom. The second-order valence-corrected chi connectivity index (χ2v) is 14.2. The Morgan fingerprint density at radius 1 is 1.03 bits per heavy atom. The molecule has 208 valence electrons. The van der Waals surface area contributed by atoms with Gasteiger partial charge in [-0.2, -0.15) is 16.1 Å². The minimum atomic E-state index is -4.13. The third-order valence-corrected chi connectivity index (χ3v) is 10.0. The molecule has 0 spiro atoms. The molecule has 1 saturated heterocycles. The van der Waals surface area contributed by atoms with Gasteiger partial charge in [0.05, 0.1) is 23.3 Å². The Balaban J connectivity index is 2.07. The van der Waals surface area contributed by atoms with E-state index in [4.69, 9.17) is 27.9 Å². The normalized spacial score (nSPS) is 22.4. The molecule has 0 saturated carbocycles. The lowest BCUT2D eigenvalue weighted by atomic mass is 9.92. The van der Waals surface area contributed by atoms with Crippen LogP contribution in [0.15, 0.2) is 53.4 Å². The summed E-state index contributed by atoms with van der Waals surface area (Å²) in [5.74, 6) is -2.25. The number of carboxylic acids is 1. The van der Waals surface area contributed by atoms with E-state index in [-0.39, 0.29) is 17.3 Å². The van der Waals surface area contributed by atoms with Crippen LogP contribution < -0.4 is 0 Å². The molecule has 11 heteroatoms. The van der Waals surface area contributed by atoms with Crippen LogP contribution in [0.3, 0.4) is 0 Å². The highest BCUT2D eigenvalue weighted by Crippen LogP contribution is 2.50. The molecule has 1 aliphatic rings. The number of hydrogen-bond donors (Lipinski definition) is 1. The fraction of sp³-hybridized carbons (Fsp3) is 0.481. The first-order valence-electron chi connectivity index (χ1n) is 12.4. The maximum Gasteiger partial charge on any atom is 0.309 e. The number of carbonyl (C=O) groups excluding carboxylic acids is 1. The van der Waals surface area contributed by atoms with Gasteiger partial charge in [-0.05, 0) is 69.2 Å². The summed E-state index contributed by atoms with van der Waals surface area (Å²) in [7, 11) is -4.13. The van der Waals surface area contributed by atoms with Crippen molar-refractivity contribution in [2.24, 2.45) is 5.92 Å². The minimum absolute atomic E-state index is 0.0329. The number of hydrogen-bond acceptors (Lipinski definition) is 6. The summed E-state index contributed by atoms with van der Waals surface area (Å²) in [5.41, 5.74) is -0.0947. The van der Waals surface area contributed by atoms with Gasteiger partial charge in [0.1, 0.15) is 5.60 Å². The molecule has 7 nitrogen and oxygen atoms in total. The van der Waals surface area contributed by atoms with Gasteiger partial charge in [-0.15, -0.1) is 0 Å². The summed E-state index contributed by atoms with van der Waals surface area (Å²) in [6.45, 7) is 7.27. The molecule has 38 heavy (non-hydrogen) atoms. The molecule has 0 unspecified atom stereocenters. The monoisotopic (exact) mass is 601 g/mol. The van der Waals surface area contributed by atoms with Crippen LogP contribution in [0, 0.1) is 5.92 Å². The van der Waals surface area contributed by atoms with Crippen LogP contribution in [0.2, 0.25) is 10.0 Å². The molecule has 0 radical (unpaired) electrons. The minimum Gasteiger partial charge on any atom is -0.481 e. The maximum absolute atomic E-state index is 14.1. The molecule has 0 bridgehead atoms. The molecule has 1 aliphatic heterocycles. The zero-order valence-corrected chi connectivity index (χ0v) is 24.9. The van der Waals surface area contributed by atoms with E-state index in [9.17, 15) is 23.1 Å². The van der Waals surface area contributed by atoms with Crippen LogP contribution in [-0.4, -0.2) is 52.4 Å². The number of ether oxygens (including phenoxy) is 1. The van der Waals surface area contributed by atoms with Crippen LogP contribution in [0.4, 0.5) is 0 Å². The average Bonchev–Trinajstić information content (AvgIpc) is 3.14. The molecule has 2 aromatic rings. The molecule has 1 fully saturated rings. The van der Waals surface area contributed by atoms with Crippen molar-refractivity contribution >= 4 is 56.9 Å². The molecule has 0 aliphatic carbocycles. The van der Waals surface area contributed by atoms with Crippen molar-refractivity contribution < 1.29 is 27.9 Å². The molecule has 1 N–H and O–H groups in total. The number of nitrogens with zero attached hydrogens (tertiary/aromatic N) is 1. The van der Waals surface area contributed by atoms with Gasteiger partial charge in [0.2, 0.25) is 10.0 Å². The predicted octanol–water partition coefficient (Wildman–Crippen LogP) is 6.44. The number of thioether (sulfide) groups is 1. The third kappa shape index (κ3) is 7.24. The molecule has 3 rings (SSSR count). The van der Waals surface area contributed by atoms with Crippen LogP contribution in [0.1, 0.15) is 58.6 Å². The number of carbonyl (C=O) groups is 2. The highest BCUT2D eigenvalue weighted by atomic mass is 35.5. The lowest BCUT2D eigenvalue weighted by Crippen LogP contribution is -2.40. The number of aliphatic carboxylic acids is 1. The van der Waals surface area contributed by atoms with Crippen LogP contribution in [0.5, 0.6) is 0 Å². The van der Waals surface area contributed by atoms with Gasteiger partial charge in [0.25, 0.3) is 0 Å². The predicted molar refractivity (Wildman–Crippen MR) is 151 cm³/mol. The second kappa shape index (κ2) is 12.6. The number of benzene rings is 2. The number of rotatable bonds is 10. The van der Waals surface area contributed by atoms with Gasteiger partial charge in [-0.1, -0.05) is 48.7 Å². The fourth-order valence-electron chi connectivity index (χ4n) is 4.75. The molecule has 2 aromatic carbocycles. The van der Waals surface area contributed by atoms with Gasteiger partial charge in [0, 0.05) is 27.1 Å². The Hall–Kier alpha value is -1.78. The second-order valence-electron chi connectivity index (χ2n) is 10.2. The third-order valence-electron chi connectivity index (χ3n) is 6.18. The standard InChI is InChI=1S/C27H33Cl2NO6S2/c1-5-6-21-25(37-16-15-22(31)36-27(2,3)4)23(26(32)33)24(17-7-9-18(28)10-8-17)30(21)38(34,35)20-13-11-19(29)12-14-20/h7-14,21,23-25H,5-6,15-16H2,1-4H3,(H,32,33)/t21-,23+,24+,25-/m1/s1. The number of esters is 1. The lowest BCUT2D eigenvalue weighted by Gasteiger charge is -2.31. The summed E-state index contributed by atoms with van der Waals surface area (Å²) < 4.78 is 35.0. The summed E-state index contributed by atoms with van der Waals surface area (Å²) >= 11 is 13.4. The van der Waals surface area contributed by atoms with E-state index in [1.807, 2.05) is 6.92 Å². The SMILES string of the molecule is CCC[C@@H]1[C@@H](SCCC(=O)OC(C)(C)C)[C@@H](C(=O)O)[C@H](c2ccc(Cl)cc2)N1S(=O)(=O)c1ccc(Cl)cc1. The van der Waals surface area contributed by atoms with Gasteiger partial charge < -0.3 is 9.84 Å². The van der Waals surface area contributed by atoms with E-state index in [1.54, 1.807) is 45.0 Å². The lowest BCUT2D eigenvalue weighted by molar-refractivity contribution is -0.154. The van der Waals surface area contributed by atoms with Crippen molar-refractivity contribution in [1.29, 1.82) is 0 Å². The molecule has 0 amide bonds. The summed E-state index contributed by atoms with van der Waals surface area (Å²) in [6, 6.07) is 10.9. The highest BCUT2D eigenvalue weighted by molar-refractivity contribution is 8.00. The first kappa shape index (κ1) is 30.8. The zero-order chi connectivity index (χ0) is 28.3. The highest BCUT2D eigenvalue weighted by Gasteiger charge is 2.57. The van der Waals surface area contributed by atoms with Crippen LogP contribution in [-0.2, 0) is 24.3 Å². The van der Waals surface area contributed by atoms with Gasteiger partial charge >= 0.3 is 11.9 Å². The first-order chi connectivity index (χ1) is 17.8. The van der Waals surface area contributed by atoms with Crippen LogP contribution >= 0.6 is 35.0 Å². The smallest absolute Gasteiger partial charge is 0.309 e. The van der Waals surface area contributed by atoms with Gasteiger partial charge in [-0.25, -0.2) is 8.42 Å². The van der Waals surface area contributed by atoms with Crippen molar-refractivity contribution in [1.82, 2.24) is 4.31 Å². The molecular weight excluding hydrogens is 569 g/mol. The van der Waals surface area contributed by atoms with Crippen molar-refractivity contribution in [2.45, 2.75) is 74.8 Å². The van der Waals surface area contributed by atoms with E-state index in [0.717, 1.165) is 0 Å². The number of carboxylic acid groups (broad SMARTS) is 1. The van der Waals surface area contributed by atoms with Crippen molar-refractivity contribution in [2.75, 3.05) is 5.75 Å². The van der Waals surface area contributed by atoms with Crippen LogP contribution in [0.25, 0.3) is 0 Å². The number of sulfonamides is 1. The van der Waals surface area contributed by atoms with E-state index in [0.29, 0.717) is 34.2 Å². The van der Waals surface area contributed by atoms with E-state index in [2.05, 4.69) is 0 Å². The van der Waals surface area contributed by atoms with Crippen molar-refractivity contribution in [3.8, 4) is 0 Å². The quantitative estimate of drug-likeness (QED) is 0.312. The maximum atomic E-state index is 14.1. The topological polar surface area (TPSA) is 101 Å². The zero-order valence-electron chi connectivity index (χ0n) is 21.8. The molecule has 1 heterocycles. The van der Waals surface area contributed by atoms with Gasteiger partial charge in [0.15, 0.2) is 0 Å². The summed E-state index contributed by atoms with van der Waals surface area (Å²) in [4.78, 5) is 25.1. The Labute approximate surface area is 238 Å². The molecular formula is C27H33Cl2NO6S2. The number of halogens is 2. The van der Waals surface area contributed by atoms with Crippen molar-refractivity contribution in [3.63, 3.8) is 0 Å². The average molecular weight is 603 g/mol. The fourth-order valence-corrected chi connectivity index (χ4v) is 8.46.